The molecule has 6 heteroatoms. The third-order valence-electron chi connectivity index (χ3n) is 6.75. The van der Waals surface area contributed by atoms with Gasteiger partial charge in [-0.3, -0.25) is 4.79 Å². The summed E-state index contributed by atoms with van der Waals surface area (Å²) in [6.07, 6.45) is -3.43. The Balaban J connectivity index is 1.55. The van der Waals surface area contributed by atoms with Crippen molar-refractivity contribution >= 4 is 5.78 Å². The Morgan fingerprint density at radius 1 is 0.784 bits per heavy atom. The lowest BCUT2D eigenvalue weighted by atomic mass is 9.84. The molecule has 0 amide bonds. The molecule has 6 atom stereocenters. The van der Waals surface area contributed by atoms with E-state index in [1.165, 1.54) is 6.92 Å². The van der Waals surface area contributed by atoms with E-state index in [4.69, 9.17) is 18.9 Å². The summed E-state index contributed by atoms with van der Waals surface area (Å²) in [7, 11) is 0. The number of hydrogen-bond acceptors (Lipinski definition) is 6. The van der Waals surface area contributed by atoms with Gasteiger partial charge < -0.3 is 24.1 Å². The molecule has 3 aromatic rings. The van der Waals surface area contributed by atoms with E-state index >= 15 is 0 Å². The second-order valence-corrected chi connectivity index (χ2v) is 9.58. The first-order valence-corrected chi connectivity index (χ1v) is 12.8. The number of carbonyl (C=O) groups is 1. The zero-order chi connectivity index (χ0) is 26.0. The van der Waals surface area contributed by atoms with E-state index in [0.717, 1.165) is 16.7 Å². The molecule has 0 spiro atoms. The lowest BCUT2D eigenvalue weighted by Gasteiger charge is -2.46. The molecule has 196 valence electrons. The van der Waals surface area contributed by atoms with Crippen LogP contribution in [0.1, 0.15) is 30.5 Å². The second kappa shape index (κ2) is 13.6. The van der Waals surface area contributed by atoms with Crippen molar-refractivity contribution in [1.82, 2.24) is 0 Å². The number of Topliss-reactive ketones (excluding diaryl/α,β-unsaturated/α-hetero) is 1. The van der Waals surface area contributed by atoms with Crippen molar-refractivity contribution in [2.75, 3.05) is 6.61 Å². The molecule has 1 N–H and O–H groups in total. The lowest BCUT2D eigenvalue weighted by Crippen LogP contribution is -2.60. The molecule has 4 rings (SSSR count). The van der Waals surface area contributed by atoms with Crippen LogP contribution in [-0.4, -0.2) is 48.0 Å². The first-order chi connectivity index (χ1) is 18.0. The predicted molar refractivity (Wildman–Crippen MR) is 141 cm³/mol. The molecule has 1 heterocycles. The van der Waals surface area contributed by atoms with E-state index in [0.29, 0.717) is 19.8 Å². The third-order valence-corrected chi connectivity index (χ3v) is 6.75. The second-order valence-electron chi connectivity index (χ2n) is 9.58. The summed E-state index contributed by atoms with van der Waals surface area (Å²) in [5.74, 6) is -0.639. The van der Waals surface area contributed by atoms with Crippen LogP contribution in [0.25, 0.3) is 0 Å². The Kier molecular flexibility index (Phi) is 9.99. The van der Waals surface area contributed by atoms with Crippen molar-refractivity contribution in [2.45, 2.75) is 64.2 Å². The largest absolute Gasteiger partial charge is 0.383 e. The Bertz CT molecular complexity index is 1070. The molecule has 0 radical (unpaired) electrons. The number of carbonyl (C=O) groups excluding carboxylic acids is 1. The van der Waals surface area contributed by atoms with Crippen LogP contribution in [0, 0.1) is 5.92 Å². The van der Waals surface area contributed by atoms with Crippen LogP contribution in [0.5, 0.6) is 0 Å². The van der Waals surface area contributed by atoms with Gasteiger partial charge in [-0.15, -0.1) is 0 Å². The topological polar surface area (TPSA) is 74.2 Å². The van der Waals surface area contributed by atoms with E-state index in [-0.39, 0.29) is 18.3 Å². The molecule has 1 unspecified atom stereocenters. The summed E-state index contributed by atoms with van der Waals surface area (Å²) in [6.45, 7) is 4.71. The normalized spacial score (nSPS) is 24.5. The van der Waals surface area contributed by atoms with Gasteiger partial charge in [0.25, 0.3) is 0 Å². The molecule has 0 bridgehead atoms. The molecule has 1 saturated heterocycles. The monoisotopic (exact) mass is 504 g/mol. The van der Waals surface area contributed by atoms with Gasteiger partial charge in [0.1, 0.15) is 18.3 Å². The summed E-state index contributed by atoms with van der Waals surface area (Å²) in [5.41, 5.74) is 3.11. The van der Waals surface area contributed by atoms with Crippen LogP contribution in [0.4, 0.5) is 0 Å². The quantitative estimate of drug-likeness (QED) is 0.385. The van der Waals surface area contributed by atoms with Gasteiger partial charge in [0, 0.05) is 5.92 Å². The van der Waals surface area contributed by atoms with E-state index in [9.17, 15) is 9.90 Å². The van der Waals surface area contributed by atoms with Gasteiger partial charge in [0.2, 0.25) is 0 Å². The molecular formula is C31H36O6. The van der Waals surface area contributed by atoms with Crippen molar-refractivity contribution in [3.05, 3.63) is 108 Å². The summed E-state index contributed by atoms with van der Waals surface area (Å²) >= 11 is 0. The summed E-state index contributed by atoms with van der Waals surface area (Å²) in [4.78, 5) is 12.1. The van der Waals surface area contributed by atoms with Crippen molar-refractivity contribution < 1.29 is 28.8 Å². The minimum absolute atomic E-state index is 0.230. The maximum atomic E-state index is 12.1. The summed E-state index contributed by atoms with van der Waals surface area (Å²) in [6, 6.07) is 29.8. The van der Waals surface area contributed by atoms with Crippen molar-refractivity contribution in [3.8, 4) is 0 Å². The summed E-state index contributed by atoms with van der Waals surface area (Å²) < 4.78 is 25.3. The fraction of sp³-hybridized carbons (Fsp3) is 0.387. The molecule has 0 aliphatic carbocycles. The van der Waals surface area contributed by atoms with Gasteiger partial charge in [-0.1, -0.05) is 97.9 Å². The van der Waals surface area contributed by atoms with Gasteiger partial charge in [0.15, 0.2) is 5.78 Å². The molecule has 6 nitrogen and oxygen atoms in total. The van der Waals surface area contributed by atoms with E-state index in [1.807, 2.05) is 97.9 Å². The molecule has 0 aromatic heterocycles. The number of ketones is 1. The molecule has 0 saturated carbocycles. The highest BCUT2D eigenvalue weighted by Crippen LogP contribution is 2.33. The van der Waals surface area contributed by atoms with Gasteiger partial charge in [-0.2, -0.15) is 0 Å². The van der Waals surface area contributed by atoms with Crippen LogP contribution in [-0.2, 0) is 43.6 Å². The fourth-order valence-electron chi connectivity index (χ4n) is 4.68. The Labute approximate surface area is 219 Å². The van der Waals surface area contributed by atoms with Gasteiger partial charge in [-0.05, 0) is 23.6 Å². The van der Waals surface area contributed by atoms with Crippen LogP contribution < -0.4 is 0 Å². The molecule has 3 aromatic carbocycles. The van der Waals surface area contributed by atoms with Crippen molar-refractivity contribution in [2.24, 2.45) is 5.92 Å². The Morgan fingerprint density at radius 3 is 1.73 bits per heavy atom. The van der Waals surface area contributed by atoms with Gasteiger partial charge >= 0.3 is 0 Å². The first-order valence-electron chi connectivity index (χ1n) is 12.8. The standard InChI is InChI=1S/C31H36O6/c1-22-29(28(33)23(2)32)37-27(21-34-18-24-12-6-3-7-13-24)31(36-20-26-16-10-5-11-17-26)30(22)35-19-25-14-8-4-9-15-25/h3-17,22,27-31,33H,18-21H2,1-2H3/t22-,27+,28+,29?,30+,31+/m0/s1. The zero-order valence-electron chi connectivity index (χ0n) is 21.4. The lowest BCUT2D eigenvalue weighted by molar-refractivity contribution is -0.255. The first kappa shape index (κ1) is 27.2. The number of benzene rings is 3. The van der Waals surface area contributed by atoms with Crippen LogP contribution >= 0.6 is 0 Å². The number of ether oxygens (including phenoxy) is 4. The maximum absolute atomic E-state index is 12.1. The molecule has 1 aliphatic rings. The highest BCUT2D eigenvalue weighted by Gasteiger charge is 2.48. The maximum Gasteiger partial charge on any atom is 0.160 e. The summed E-state index contributed by atoms with van der Waals surface area (Å²) in [5, 5.41) is 10.7. The highest BCUT2D eigenvalue weighted by molar-refractivity contribution is 5.80. The van der Waals surface area contributed by atoms with Crippen LogP contribution in [0.3, 0.4) is 0 Å². The average molecular weight is 505 g/mol. The van der Waals surface area contributed by atoms with E-state index < -0.39 is 30.5 Å². The fourth-order valence-corrected chi connectivity index (χ4v) is 4.68. The predicted octanol–water partition coefficient (Wildman–Crippen LogP) is 4.73. The number of rotatable bonds is 12. The Hall–Kier alpha value is -2.87. The number of hydrogen-bond donors (Lipinski definition) is 1. The van der Waals surface area contributed by atoms with Crippen molar-refractivity contribution in [1.29, 1.82) is 0 Å². The minimum atomic E-state index is -1.26. The Morgan fingerprint density at radius 2 is 1.24 bits per heavy atom. The van der Waals surface area contributed by atoms with Gasteiger partial charge in [-0.25, -0.2) is 0 Å². The zero-order valence-corrected chi connectivity index (χ0v) is 21.4. The molecule has 1 aliphatic heterocycles. The van der Waals surface area contributed by atoms with Crippen LogP contribution in [0.15, 0.2) is 91.0 Å². The van der Waals surface area contributed by atoms with Crippen LogP contribution in [0.2, 0.25) is 0 Å². The highest BCUT2D eigenvalue weighted by atomic mass is 16.6. The average Bonchev–Trinajstić information content (AvgIpc) is 2.93. The smallest absolute Gasteiger partial charge is 0.160 e. The SMILES string of the molecule is CC(=O)[C@@H](O)C1O[C@H](COCc2ccccc2)[C@@H](OCc2ccccc2)[C@H](OCc2ccccc2)[C@H]1C. The van der Waals surface area contributed by atoms with E-state index in [1.54, 1.807) is 0 Å². The van der Waals surface area contributed by atoms with E-state index in [2.05, 4.69) is 0 Å². The minimum Gasteiger partial charge on any atom is -0.383 e. The van der Waals surface area contributed by atoms with Gasteiger partial charge in [0.05, 0.1) is 38.6 Å². The molecular weight excluding hydrogens is 468 g/mol. The number of aliphatic hydroxyl groups is 1. The molecule has 1 fully saturated rings. The van der Waals surface area contributed by atoms with Crippen molar-refractivity contribution in [3.63, 3.8) is 0 Å². The molecule has 37 heavy (non-hydrogen) atoms. The third kappa shape index (κ3) is 7.57. The number of aliphatic hydroxyl groups excluding tert-OH is 1.